The second-order valence-electron chi connectivity index (χ2n) is 6.16. The molecule has 8 nitrogen and oxygen atoms in total. The summed E-state index contributed by atoms with van der Waals surface area (Å²) in [6.45, 7) is 0. The van der Waals surface area contributed by atoms with Gasteiger partial charge < -0.3 is 9.73 Å². The third-order valence-corrected chi connectivity index (χ3v) is 5.05. The van der Waals surface area contributed by atoms with E-state index in [1.54, 1.807) is 60.7 Å². The van der Waals surface area contributed by atoms with Gasteiger partial charge in [-0.05, 0) is 48.2 Å². The number of amidine groups is 1. The van der Waals surface area contributed by atoms with E-state index in [4.69, 9.17) is 4.42 Å². The summed E-state index contributed by atoms with van der Waals surface area (Å²) in [7, 11) is 0. The first-order valence-corrected chi connectivity index (χ1v) is 9.55. The van der Waals surface area contributed by atoms with Crippen molar-refractivity contribution in [3.05, 3.63) is 93.1 Å². The number of nitro benzene ring substituents is 1. The highest BCUT2D eigenvalue weighted by Gasteiger charge is 2.25. The second-order valence-corrected chi connectivity index (χ2v) is 7.19. The summed E-state index contributed by atoms with van der Waals surface area (Å²) in [5.41, 5.74) is 1.09. The van der Waals surface area contributed by atoms with Gasteiger partial charge in [0.25, 0.3) is 17.5 Å². The van der Waals surface area contributed by atoms with E-state index in [1.807, 2.05) is 0 Å². The van der Waals surface area contributed by atoms with Gasteiger partial charge in [0.2, 0.25) is 0 Å². The van der Waals surface area contributed by atoms with Gasteiger partial charge in [0, 0.05) is 29.3 Å². The van der Waals surface area contributed by atoms with Crippen LogP contribution in [-0.4, -0.2) is 21.9 Å². The lowest BCUT2D eigenvalue weighted by Gasteiger charge is -1.96. The largest absolute Gasteiger partial charge is 0.457 e. The Labute approximate surface area is 174 Å². The van der Waals surface area contributed by atoms with Gasteiger partial charge in [0.05, 0.1) is 9.83 Å². The Morgan fingerprint density at radius 2 is 1.80 bits per heavy atom. The monoisotopic (exact) mass is 419 g/mol. The molecule has 9 heteroatoms. The van der Waals surface area contributed by atoms with Crippen LogP contribution in [0.3, 0.4) is 0 Å². The van der Waals surface area contributed by atoms with Crippen molar-refractivity contribution in [2.75, 3.05) is 0 Å². The van der Waals surface area contributed by atoms with Crippen LogP contribution in [0.4, 0.5) is 5.69 Å². The summed E-state index contributed by atoms with van der Waals surface area (Å²) in [5.74, 6) is 0.107. The summed E-state index contributed by atoms with van der Waals surface area (Å²) in [4.78, 5) is 38.9. The summed E-state index contributed by atoms with van der Waals surface area (Å²) < 4.78 is 5.72. The number of nitrogens with zero attached hydrogens (tertiary/aromatic N) is 2. The summed E-state index contributed by atoms with van der Waals surface area (Å²) in [5, 5.41) is 13.5. The number of carbonyl (C=O) groups excluding carboxylic acids is 2. The van der Waals surface area contributed by atoms with Crippen LogP contribution in [0.25, 0.3) is 17.4 Å². The Morgan fingerprint density at radius 1 is 1.07 bits per heavy atom. The first-order chi connectivity index (χ1) is 14.5. The van der Waals surface area contributed by atoms with Gasteiger partial charge in [-0.3, -0.25) is 19.7 Å². The van der Waals surface area contributed by atoms with E-state index in [-0.39, 0.29) is 16.8 Å². The molecule has 0 spiro atoms. The van der Waals surface area contributed by atoms with Crippen LogP contribution in [0.2, 0.25) is 0 Å². The molecule has 0 bridgehead atoms. The van der Waals surface area contributed by atoms with Crippen molar-refractivity contribution >= 4 is 40.5 Å². The van der Waals surface area contributed by atoms with E-state index < -0.39 is 10.8 Å². The Bertz CT molecular complexity index is 1200. The van der Waals surface area contributed by atoms with Crippen molar-refractivity contribution in [1.82, 2.24) is 5.32 Å². The van der Waals surface area contributed by atoms with Crippen LogP contribution >= 0.6 is 11.8 Å². The van der Waals surface area contributed by atoms with Crippen LogP contribution in [0.15, 0.2) is 81.0 Å². The first-order valence-electron chi connectivity index (χ1n) is 8.73. The Hall–Kier alpha value is -3.98. The molecule has 2 aromatic carbocycles. The third-order valence-electron chi connectivity index (χ3n) is 4.14. The number of nitrogens with one attached hydrogen (secondary N) is 1. The Balaban J connectivity index is 1.50. The molecule has 1 N–H and O–H groups in total. The normalized spacial score (nSPS) is 16.1. The highest BCUT2D eigenvalue weighted by Crippen LogP contribution is 2.29. The summed E-state index contributed by atoms with van der Waals surface area (Å²) in [6.07, 6.45) is 1.55. The molecule has 1 fully saturated rings. The van der Waals surface area contributed by atoms with Gasteiger partial charge in [-0.2, -0.15) is 4.99 Å². The average molecular weight is 419 g/mol. The lowest BCUT2D eigenvalue weighted by atomic mass is 10.1. The number of hydrogen-bond acceptors (Lipinski definition) is 6. The van der Waals surface area contributed by atoms with E-state index >= 15 is 0 Å². The SMILES string of the molecule is O=C1NC(=NC(=O)c2ccccc2)S/C1=C\c1ccc(-c2ccc([N+](=O)[O-])cc2)o1. The number of carbonyl (C=O) groups is 2. The van der Waals surface area contributed by atoms with Gasteiger partial charge in [0.15, 0.2) is 5.17 Å². The van der Waals surface area contributed by atoms with Gasteiger partial charge in [-0.25, -0.2) is 0 Å². The molecule has 0 saturated carbocycles. The summed E-state index contributed by atoms with van der Waals surface area (Å²) in [6, 6.07) is 17.9. The molecule has 0 radical (unpaired) electrons. The van der Waals surface area contributed by atoms with Crippen molar-refractivity contribution in [2.45, 2.75) is 0 Å². The molecule has 2 amide bonds. The number of rotatable bonds is 4. The standard InChI is InChI=1S/C21H13N3O5S/c25-19(14-4-2-1-3-5-14)22-21-23-20(26)18(30-21)12-16-10-11-17(29-16)13-6-8-15(9-7-13)24(27)28/h1-12H,(H,22,23,25,26)/b18-12-. The Morgan fingerprint density at radius 3 is 2.50 bits per heavy atom. The number of amides is 2. The number of thioether (sulfide) groups is 1. The molecule has 0 aliphatic carbocycles. The predicted molar refractivity (Wildman–Crippen MR) is 113 cm³/mol. The molecule has 1 saturated heterocycles. The minimum absolute atomic E-state index is 0.0106. The molecular weight excluding hydrogens is 406 g/mol. The predicted octanol–water partition coefficient (Wildman–Crippen LogP) is 4.26. The zero-order valence-corrected chi connectivity index (χ0v) is 16.1. The maximum atomic E-state index is 12.2. The second kappa shape index (κ2) is 8.18. The fourth-order valence-electron chi connectivity index (χ4n) is 2.68. The molecule has 2 heterocycles. The third kappa shape index (κ3) is 4.20. The molecule has 30 heavy (non-hydrogen) atoms. The zero-order chi connectivity index (χ0) is 21.1. The van der Waals surface area contributed by atoms with Crippen molar-refractivity contribution < 1.29 is 18.9 Å². The van der Waals surface area contributed by atoms with E-state index in [0.717, 1.165) is 11.8 Å². The number of nitro groups is 1. The van der Waals surface area contributed by atoms with Crippen molar-refractivity contribution in [2.24, 2.45) is 4.99 Å². The molecule has 1 aromatic heterocycles. The van der Waals surface area contributed by atoms with E-state index in [0.29, 0.717) is 27.6 Å². The number of benzene rings is 2. The lowest BCUT2D eigenvalue weighted by Crippen LogP contribution is -2.20. The van der Waals surface area contributed by atoms with E-state index in [9.17, 15) is 19.7 Å². The number of hydrogen-bond donors (Lipinski definition) is 1. The highest BCUT2D eigenvalue weighted by atomic mass is 32.2. The highest BCUT2D eigenvalue weighted by molar-refractivity contribution is 8.18. The van der Waals surface area contributed by atoms with Gasteiger partial charge in [-0.15, -0.1) is 0 Å². The van der Waals surface area contributed by atoms with E-state index in [2.05, 4.69) is 10.3 Å². The fraction of sp³-hybridized carbons (Fsp3) is 0. The lowest BCUT2D eigenvalue weighted by molar-refractivity contribution is -0.384. The molecule has 0 atom stereocenters. The quantitative estimate of drug-likeness (QED) is 0.384. The van der Waals surface area contributed by atoms with Crippen molar-refractivity contribution in [3.63, 3.8) is 0 Å². The average Bonchev–Trinajstić information content (AvgIpc) is 3.35. The van der Waals surface area contributed by atoms with Crippen LogP contribution in [-0.2, 0) is 4.79 Å². The fourth-order valence-corrected chi connectivity index (χ4v) is 3.48. The summed E-state index contributed by atoms with van der Waals surface area (Å²) >= 11 is 1.04. The smallest absolute Gasteiger partial charge is 0.279 e. The molecular formula is C21H13N3O5S. The molecule has 3 aromatic rings. The molecule has 0 unspecified atom stereocenters. The van der Waals surface area contributed by atoms with Crippen LogP contribution < -0.4 is 5.32 Å². The molecule has 4 rings (SSSR count). The van der Waals surface area contributed by atoms with Crippen LogP contribution in [0.1, 0.15) is 16.1 Å². The minimum atomic E-state index is -0.473. The number of non-ortho nitro benzene ring substituents is 1. The maximum Gasteiger partial charge on any atom is 0.279 e. The molecule has 1 aliphatic rings. The van der Waals surface area contributed by atoms with Crippen LogP contribution in [0, 0.1) is 10.1 Å². The molecule has 1 aliphatic heterocycles. The molecule has 148 valence electrons. The van der Waals surface area contributed by atoms with Gasteiger partial charge in [-0.1, -0.05) is 18.2 Å². The Kier molecular flexibility index (Phi) is 5.27. The van der Waals surface area contributed by atoms with Crippen LogP contribution in [0.5, 0.6) is 0 Å². The first kappa shape index (κ1) is 19.3. The number of aliphatic imine (C=N–C) groups is 1. The van der Waals surface area contributed by atoms with Crippen molar-refractivity contribution in [3.8, 4) is 11.3 Å². The maximum absolute atomic E-state index is 12.2. The van der Waals surface area contributed by atoms with Gasteiger partial charge in [0.1, 0.15) is 11.5 Å². The van der Waals surface area contributed by atoms with Crippen molar-refractivity contribution in [1.29, 1.82) is 0 Å². The minimum Gasteiger partial charge on any atom is -0.457 e. The van der Waals surface area contributed by atoms with Gasteiger partial charge >= 0.3 is 0 Å². The topological polar surface area (TPSA) is 115 Å². The zero-order valence-electron chi connectivity index (χ0n) is 15.3. The number of furan rings is 1. The van der Waals surface area contributed by atoms with E-state index in [1.165, 1.54) is 12.1 Å².